The number of benzene rings is 1. The fraction of sp³-hybridized carbons (Fsp3) is 0.393. The normalized spacial score (nSPS) is 23.7. The van der Waals surface area contributed by atoms with Crippen LogP contribution < -0.4 is 0 Å². The molecule has 0 N–H and O–H groups in total. The Bertz CT molecular complexity index is 1280. The van der Waals surface area contributed by atoms with Gasteiger partial charge in [-0.2, -0.15) is 0 Å². The zero-order chi connectivity index (χ0) is 25.5. The van der Waals surface area contributed by atoms with Crippen LogP contribution >= 0.6 is 35.0 Å². The van der Waals surface area contributed by atoms with Crippen LogP contribution in [-0.2, 0) is 17.8 Å². The molecule has 1 saturated carbocycles. The van der Waals surface area contributed by atoms with Gasteiger partial charge in [0, 0.05) is 28.3 Å². The minimum Gasteiger partial charge on any atom is -0.591 e. The van der Waals surface area contributed by atoms with Crippen molar-refractivity contribution in [1.29, 1.82) is 0 Å². The fourth-order valence-corrected chi connectivity index (χ4v) is 7.16. The van der Waals surface area contributed by atoms with Gasteiger partial charge in [-0.3, -0.25) is 0 Å². The van der Waals surface area contributed by atoms with Crippen LogP contribution in [0.5, 0.6) is 0 Å². The number of nitrogens with zero attached hydrogens (tertiary/aromatic N) is 3. The van der Waals surface area contributed by atoms with E-state index in [-0.39, 0.29) is 10.2 Å². The van der Waals surface area contributed by atoms with Crippen LogP contribution in [0.4, 0.5) is 0 Å². The van der Waals surface area contributed by atoms with Crippen LogP contribution in [0.2, 0.25) is 10.2 Å². The SMILES string of the molecule is CC(C)(C)[S@@+]([O-])/N=C1\c2ccccc2C[C@]12CC[C@H](c1ccc(Sc3ccnc(Cl)c3Cl)nc1)CC2. The van der Waals surface area contributed by atoms with E-state index in [2.05, 4.69) is 41.4 Å². The molecule has 0 unspecified atom stereocenters. The van der Waals surface area contributed by atoms with Crippen LogP contribution in [0, 0.1) is 5.41 Å². The molecule has 36 heavy (non-hydrogen) atoms. The maximum absolute atomic E-state index is 13.0. The average molecular weight is 559 g/mol. The molecule has 3 aromatic rings. The number of fused-ring (bicyclic) bond motifs is 1. The highest BCUT2D eigenvalue weighted by Gasteiger charge is 2.47. The van der Waals surface area contributed by atoms with Gasteiger partial charge in [-0.05, 0) is 82.1 Å². The molecule has 4 nitrogen and oxygen atoms in total. The highest BCUT2D eigenvalue weighted by atomic mass is 35.5. The molecule has 2 aliphatic rings. The van der Waals surface area contributed by atoms with E-state index in [0.717, 1.165) is 47.7 Å². The first kappa shape index (κ1) is 26.1. The average Bonchev–Trinajstić information content (AvgIpc) is 3.15. The van der Waals surface area contributed by atoms with E-state index in [1.54, 1.807) is 6.20 Å². The maximum Gasteiger partial charge on any atom is 0.148 e. The summed E-state index contributed by atoms with van der Waals surface area (Å²) < 4.78 is 17.5. The van der Waals surface area contributed by atoms with Crippen LogP contribution in [0.15, 0.2) is 69.2 Å². The van der Waals surface area contributed by atoms with Crippen LogP contribution in [0.3, 0.4) is 0 Å². The molecule has 1 fully saturated rings. The van der Waals surface area contributed by atoms with Crippen molar-refractivity contribution >= 4 is 52.0 Å². The summed E-state index contributed by atoms with van der Waals surface area (Å²) in [5, 5.41) is 1.63. The molecule has 188 valence electrons. The van der Waals surface area contributed by atoms with Gasteiger partial charge >= 0.3 is 0 Å². The lowest BCUT2D eigenvalue weighted by molar-refractivity contribution is 0.266. The lowest BCUT2D eigenvalue weighted by Gasteiger charge is -2.37. The van der Waals surface area contributed by atoms with E-state index in [4.69, 9.17) is 32.6 Å². The molecule has 2 heterocycles. The zero-order valence-corrected chi connectivity index (χ0v) is 23.8. The van der Waals surface area contributed by atoms with Gasteiger partial charge in [-0.1, -0.05) is 69.7 Å². The summed E-state index contributed by atoms with van der Waals surface area (Å²) in [7, 11) is 0. The Labute approximate surface area is 230 Å². The van der Waals surface area contributed by atoms with Crippen molar-refractivity contribution in [3.8, 4) is 0 Å². The molecule has 8 heteroatoms. The first-order chi connectivity index (χ1) is 17.2. The largest absolute Gasteiger partial charge is 0.591 e. The van der Waals surface area contributed by atoms with E-state index >= 15 is 0 Å². The molecule has 0 amide bonds. The van der Waals surface area contributed by atoms with Crippen molar-refractivity contribution in [2.24, 2.45) is 9.81 Å². The second-order valence-electron chi connectivity index (χ2n) is 10.6. The maximum atomic E-state index is 13.0. The lowest BCUT2D eigenvalue weighted by atomic mass is 9.67. The van der Waals surface area contributed by atoms with Gasteiger partial charge in [-0.25, -0.2) is 9.97 Å². The molecule has 0 aliphatic heterocycles. The van der Waals surface area contributed by atoms with Gasteiger partial charge in [0.15, 0.2) is 0 Å². The summed E-state index contributed by atoms with van der Waals surface area (Å²) in [6.45, 7) is 5.97. The summed E-state index contributed by atoms with van der Waals surface area (Å²) in [6, 6.07) is 14.6. The standard InChI is InChI=1S/C28H29Cl2N3OS2/c1-27(2,3)36(34)33-25-21-7-5-4-6-19(21)16-28(25)13-10-18(11-14-28)20-8-9-23(32-17-20)35-22-12-15-31-26(30)24(22)29/h4-9,12,15,17-18H,10-11,13-14,16H2,1-3H3/b33-25+/t18-,28+,36-/m1/s1. The number of halogens is 2. The van der Waals surface area contributed by atoms with Crippen molar-refractivity contribution in [2.75, 3.05) is 0 Å². The second-order valence-corrected chi connectivity index (χ2v) is 14.3. The Kier molecular flexibility index (Phi) is 7.45. The lowest BCUT2D eigenvalue weighted by Crippen LogP contribution is -2.35. The van der Waals surface area contributed by atoms with E-state index < -0.39 is 11.4 Å². The Morgan fingerprint density at radius 1 is 1.06 bits per heavy atom. The first-order valence-electron chi connectivity index (χ1n) is 12.2. The highest BCUT2D eigenvalue weighted by Crippen LogP contribution is 2.51. The Balaban J connectivity index is 1.32. The minimum atomic E-state index is -1.28. The third-order valence-electron chi connectivity index (χ3n) is 7.20. The Morgan fingerprint density at radius 2 is 1.81 bits per heavy atom. The third kappa shape index (κ3) is 5.21. The van der Waals surface area contributed by atoms with Gasteiger partial charge < -0.3 is 4.55 Å². The van der Waals surface area contributed by atoms with E-state index in [1.807, 2.05) is 33.0 Å². The van der Waals surface area contributed by atoms with Gasteiger partial charge in [0.2, 0.25) is 0 Å². The number of rotatable bonds is 4. The van der Waals surface area contributed by atoms with E-state index in [0.29, 0.717) is 16.1 Å². The first-order valence-corrected chi connectivity index (χ1v) is 14.9. The summed E-state index contributed by atoms with van der Waals surface area (Å²) in [4.78, 5) is 9.55. The minimum absolute atomic E-state index is 0.0261. The number of hydrogen-bond acceptors (Lipinski definition) is 5. The van der Waals surface area contributed by atoms with Crippen molar-refractivity contribution in [3.63, 3.8) is 0 Å². The molecule has 0 saturated heterocycles. The smallest absolute Gasteiger partial charge is 0.148 e. The van der Waals surface area contributed by atoms with Gasteiger partial charge in [0.1, 0.15) is 32.0 Å². The molecule has 5 rings (SSSR count). The van der Waals surface area contributed by atoms with Crippen molar-refractivity contribution in [2.45, 2.75) is 73.5 Å². The Morgan fingerprint density at radius 3 is 2.50 bits per heavy atom. The molecule has 2 aliphatic carbocycles. The quantitative estimate of drug-likeness (QED) is 0.240. The third-order valence-corrected chi connectivity index (χ3v) is 10.5. The molecule has 1 aromatic carbocycles. The van der Waals surface area contributed by atoms with Crippen LogP contribution in [-0.4, -0.2) is 25.0 Å². The highest BCUT2D eigenvalue weighted by molar-refractivity contribution is 7.99. The monoisotopic (exact) mass is 557 g/mol. The molecule has 2 aromatic heterocycles. The second kappa shape index (κ2) is 10.3. The van der Waals surface area contributed by atoms with Crippen molar-refractivity contribution < 1.29 is 4.55 Å². The molecular weight excluding hydrogens is 529 g/mol. The van der Waals surface area contributed by atoms with Crippen molar-refractivity contribution in [1.82, 2.24) is 9.97 Å². The Hall–Kier alpha value is -1.57. The van der Waals surface area contributed by atoms with Crippen molar-refractivity contribution in [3.05, 3.63) is 81.7 Å². The number of pyridine rings is 2. The predicted octanol–water partition coefficient (Wildman–Crippen LogP) is 8.09. The molecule has 0 bridgehead atoms. The zero-order valence-electron chi connectivity index (χ0n) is 20.6. The summed E-state index contributed by atoms with van der Waals surface area (Å²) in [5.74, 6) is 0.458. The molecular formula is C28H29Cl2N3OS2. The molecule has 1 atom stereocenters. The molecule has 0 radical (unpaired) electrons. The van der Waals surface area contributed by atoms with Gasteiger partial charge in [0.05, 0.1) is 5.02 Å². The fourth-order valence-electron chi connectivity index (χ4n) is 5.21. The molecule has 1 spiro atoms. The predicted molar refractivity (Wildman–Crippen MR) is 151 cm³/mol. The van der Waals surface area contributed by atoms with E-state index in [1.165, 1.54) is 28.5 Å². The summed E-state index contributed by atoms with van der Waals surface area (Å²) in [5.41, 5.74) is 4.81. The topological polar surface area (TPSA) is 61.2 Å². The number of aromatic nitrogens is 2. The van der Waals surface area contributed by atoms with Crippen LogP contribution in [0.1, 0.15) is 69.1 Å². The van der Waals surface area contributed by atoms with E-state index in [9.17, 15) is 4.55 Å². The number of hydrogen-bond donors (Lipinski definition) is 0. The summed E-state index contributed by atoms with van der Waals surface area (Å²) in [6.07, 6.45) is 8.83. The van der Waals surface area contributed by atoms with Gasteiger partial charge in [0.25, 0.3) is 0 Å². The van der Waals surface area contributed by atoms with Gasteiger partial charge in [-0.15, -0.1) is 0 Å². The van der Waals surface area contributed by atoms with Crippen LogP contribution in [0.25, 0.3) is 0 Å². The summed E-state index contributed by atoms with van der Waals surface area (Å²) >= 11 is 12.5.